The van der Waals surface area contributed by atoms with E-state index in [0.29, 0.717) is 0 Å². The van der Waals surface area contributed by atoms with Crippen LogP contribution in [0.15, 0.2) is 23.6 Å². The van der Waals surface area contributed by atoms with Gasteiger partial charge in [0.15, 0.2) is 0 Å². The monoisotopic (exact) mass is 231 g/mol. The fraction of sp³-hybridized carbons (Fsp3) is 0.286. The minimum absolute atomic E-state index is 1.19. The molecule has 16 heavy (non-hydrogen) atoms. The highest BCUT2D eigenvalue weighted by Crippen LogP contribution is 2.31. The van der Waals surface area contributed by atoms with Crippen LogP contribution in [-0.2, 0) is 0 Å². The molecule has 0 aliphatic carbocycles. The van der Waals surface area contributed by atoms with Gasteiger partial charge in [-0.2, -0.15) is 0 Å². The van der Waals surface area contributed by atoms with Crippen molar-refractivity contribution in [2.75, 3.05) is 12.4 Å². The summed E-state index contributed by atoms with van der Waals surface area (Å²) < 4.78 is 0. The standard InChI is InChI=1S/C14H17NS/c1-9-5-12(6-10(2)11(9)3)14-7-13(15-4)8-16-14/h5-8,15H,1-4H3. The first-order valence-electron chi connectivity index (χ1n) is 5.46. The largest absolute Gasteiger partial charge is 0.387 e. The Balaban J connectivity index is 2.48. The molecule has 1 N–H and O–H groups in total. The van der Waals surface area contributed by atoms with E-state index in [9.17, 15) is 0 Å². The second kappa shape index (κ2) is 4.30. The molecule has 0 atom stereocenters. The van der Waals surface area contributed by atoms with Gasteiger partial charge in [-0.3, -0.25) is 0 Å². The second-order valence-electron chi connectivity index (χ2n) is 4.18. The highest BCUT2D eigenvalue weighted by atomic mass is 32.1. The summed E-state index contributed by atoms with van der Waals surface area (Å²) in [5.41, 5.74) is 6.65. The van der Waals surface area contributed by atoms with Crippen LogP contribution < -0.4 is 5.32 Å². The molecule has 1 nitrogen and oxygen atoms in total. The summed E-state index contributed by atoms with van der Waals surface area (Å²) in [5, 5.41) is 5.32. The highest BCUT2D eigenvalue weighted by molar-refractivity contribution is 7.14. The van der Waals surface area contributed by atoms with Gasteiger partial charge in [0.2, 0.25) is 0 Å². The van der Waals surface area contributed by atoms with Gasteiger partial charge < -0.3 is 5.32 Å². The van der Waals surface area contributed by atoms with Crippen molar-refractivity contribution in [2.24, 2.45) is 0 Å². The zero-order valence-corrected chi connectivity index (χ0v) is 11.0. The minimum atomic E-state index is 1.19. The lowest BCUT2D eigenvalue weighted by Gasteiger charge is -2.07. The maximum absolute atomic E-state index is 3.17. The van der Waals surface area contributed by atoms with Gasteiger partial charge in [0.1, 0.15) is 0 Å². The number of thiophene rings is 1. The molecule has 2 heteroatoms. The predicted octanol–water partition coefficient (Wildman–Crippen LogP) is 4.38. The van der Waals surface area contributed by atoms with Crippen molar-refractivity contribution in [2.45, 2.75) is 20.8 Å². The van der Waals surface area contributed by atoms with E-state index in [1.54, 1.807) is 11.3 Å². The van der Waals surface area contributed by atoms with Crippen LogP contribution in [0.5, 0.6) is 0 Å². The topological polar surface area (TPSA) is 12.0 Å². The Hall–Kier alpha value is -1.28. The average Bonchev–Trinajstić information content (AvgIpc) is 2.73. The molecule has 0 radical (unpaired) electrons. The van der Waals surface area contributed by atoms with E-state index in [2.05, 4.69) is 49.7 Å². The summed E-state index contributed by atoms with van der Waals surface area (Å²) in [6.07, 6.45) is 0. The molecule has 0 spiro atoms. The molecular weight excluding hydrogens is 214 g/mol. The molecule has 0 fully saturated rings. The van der Waals surface area contributed by atoms with Crippen LogP contribution in [0.4, 0.5) is 5.69 Å². The molecule has 0 amide bonds. The normalized spacial score (nSPS) is 10.5. The number of aryl methyl sites for hydroxylation is 2. The lowest BCUT2D eigenvalue weighted by atomic mass is 10.00. The Labute approximate surface area is 101 Å². The van der Waals surface area contributed by atoms with Crippen LogP contribution >= 0.6 is 11.3 Å². The van der Waals surface area contributed by atoms with Crippen LogP contribution in [-0.4, -0.2) is 7.05 Å². The summed E-state index contributed by atoms with van der Waals surface area (Å²) >= 11 is 1.79. The third-order valence-electron chi connectivity index (χ3n) is 3.10. The number of nitrogens with one attached hydrogen (secondary N) is 1. The van der Waals surface area contributed by atoms with Crippen molar-refractivity contribution in [3.05, 3.63) is 40.3 Å². The third kappa shape index (κ3) is 1.98. The van der Waals surface area contributed by atoms with Crippen molar-refractivity contribution >= 4 is 17.0 Å². The molecule has 2 rings (SSSR count). The van der Waals surface area contributed by atoms with Crippen LogP contribution in [0.1, 0.15) is 16.7 Å². The van der Waals surface area contributed by atoms with Gasteiger partial charge in [0.25, 0.3) is 0 Å². The average molecular weight is 231 g/mol. The molecular formula is C14H17NS. The van der Waals surface area contributed by atoms with Gasteiger partial charge in [-0.1, -0.05) is 12.1 Å². The van der Waals surface area contributed by atoms with Crippen molar-refractivity contribution in [3.8, 4) is 10.4 Å². The maximum Gasteiger partial charge on any atom is 0.0452 e. The fourth-order valence-electron chi connectivity index (χ4n) is 1.80. The molecule has 1 heterocycles. The van der Waals surface area contributed by atoms with E-state index in [1.807, 2.05) is 7.05 Å². The Kier molecular flexibility index (Phi) is 3.01. The summed E-state index contributed by atoms with van der Waals surface area (Å²) in [5.74, 6) is 0. The van der Waals surface area contributed by atoms with Crippen molar-refractivity contribution in [3.63, 3.8) is 0 Å². The van der Waals surface area contributed by atoms with Crippen LogP contribution in [0.25, 0.3) is 10.4 Å². The number of hydrogen-bond acceptors (Lipinski definition) is 2. The number of benzene rings is 1. The molecule has 1 aromatic carbocycles. The Bertz CT molecular complexity index is 488. The van der Waals surface area contributed by atoms with E-state index < -0.39 is 0 Å². The molecule has 1 aromatic heterocycles. The van der Waals surface area contributed by atoms with Gasteiger partial charge in [-0.15, -0.1) is 11.3 Å². The second-order valence-corrected chi connectivity index (χ2v) is 5.10. The van der Waals surface area contributed by atoms with E-state index in [-0.39, 0.29) is 0 Å². The number of hydrogen-bond donors (Lipinski definition) is 1. The highest BCUT2D eigenvalue weighted by Gasteiger charge is 2.05. The lowest BCUT2D eigenvalue weighted by molar-refractivity contribution is 1.27. The van der Waals surface area contributed by atoms with E-state index in [0.717, 1.165) is 0 Å². The fourth-order valence-corrected chi connectivity index (χ4v) is 2.69. The smallest absolute Gasteiger partial charge is 0.0452 e. The summed E-state index contributed by atoms with van der Waals surface area (Å²) in [6.45, 7) is 6.54. The van der Waals surface area contributed by atoms with Crippen LogP contribution in [0.2, 0.25) is 0 Å². The van der Waals surface area contributed by atoms with E-state index in [1.165, 1.54) is 32.8 Å². The minimum Gasteiger partial charge on any atom is -0.387 e. The summed E-state index contributed by atoms with van der Waals surface area (Å²) in [7, 11) is 1.96. The first kappa shape index (κ1) is 11.2. The first-order chi connectivity index (χ1) is 7.61. The van der Waals surface area contributed by atoms with Gasteiger partial charge >= 0.3 is 0 Å². The van der Waals surface area contributed by atoms with Gasteiger partial charge in [0, 0.05) is 23.0 Å². The van der Waals surface area contributed by atoms with Crippen molar-refractivity contribution < 1.29 is 0 Å². The predicted molar refractivity (Wildman–Crippen MR) is 73.5 cm³/mol. The van der Waals surface area contributed by atoms with E-state index >= 15 is 0 Å². The molecule has 0 aliphatic rings. The first-order valence-corrected chi connectivity index (χ1v) is 6.34. The Morgan fingerprint density at radius 1 is 1.00 bits per heavy atom. The molecule has 0 aliphatic heterocycles. The van der Waals surface area contributed by atoms with Gasteiger partial charge in [-0.05, 0) is 49.1 Å². The third-order valence-corrected chi connectivity index (χ3v) is 4.08. The number of anilines is 1. The van der Waals surface area contributed by atoms with Crippen LogP contribution in [0.3, 0.4) is 0 Å². The quantitative estimate of drug-likeness (QED) is 0.808. The summed E-state index contributed by atoms with van der Waals surface area (Å²) in [6, 6.07) is 6.75. The molecule has 0 unspecified atom stereocenters. The molecule has 2 aromatic rings. The van der Waals surface area contributed by atoms with Crippen molar-refractivity contribution in [1.82, 2.24) is 0 Å². The zero-order valence-electron chi connectivity index (χ0n) is 10.2. The Morgan fingerprint density at radius 2 is 1.62 bits per heavy atom. The maximum atomic E-state index is 3.17. The zero-order chi connectivity index (χ0) is 11.7. The van der Waals surface area contributed by atoms with Gasteiger partial charge in [0.05, 0.1) is 0 Å². The van der Waals surface area contributed by atoms with Crippen molar-refractivity contribution in [1.29, 1.82) is 0 Å². The lowest BCUT2D eigenvalue weighted by Crippen LogP contribution is -1.87. The molecule has 0 bridgehead atoms. The SMILES string of the molecule is CNc1csc(-c2cc(C)c(C)c(C)c2)c1. The van der Waals surface area contributed by atoms with E-state index in [4.69, 9.17) is 0 Å². The number of rotatable bonds is 2. The molecule has 84 valence electrons. The summed E-state index contributed by atoms with van der Waals surface area (Å²) in [4.78, 5) is 1.33. The van der Waals surface area contributed by atoms with Gasteiger partial charge in [-0.25, -0.2) is 0 Å². The molecule has 0 saturated carbocycles. The van der Waals surface area contributed by atoms with Crippen LogP contribution in [0, 0.1) is 20.8 Å². The molecule has 0 saturated heterocycles. The Morgan fingerprint density at radius 3 is 2.12 bits per heavy atom.